The summed E-state index contributed by atoms with van der Waals surface area (Å²) in [6.07, 6.45) is 0. The van der Waals surface area contributed by atoms with E-state index in [9.17, 15) is 15.2 Å². The largest absolute Gasteiger partial charge is 0.502 e. The summed E-state index contributed by atoms with van der Waals surface area (Å²) in [5.74, 6) is 0.0129. The molecule has 0 atom stereocenters. The fourth-order valence-corrected chi connectivity index (χ4v) is 1.53. The van der Waals surface area contributed by atoms with Gasteiger partial charge in [0.1, 0.15) is 0 Å². The third kappa shape index (κ3) is 1.31. The van der Waals surface area contributed by atoms with E-state index in [2.05, 4.69) is 5.32 Å². The van der Waals surface area contributed by atoms with Gasteiger partial charge in [-0.3, -0.25) is 10.1 Å². The van der Waals surface area contributed by atoms with Crippen molar-refractivity contribution in [1.29, 1.82) is 0 Å². The molecule has 0 spiro atoms. The van der Waals surface area contributed by atoms with Gasteiger partial charge in [0.05, 0.1) is 4.92 Å². The number of nitro benzene ring substituents is 1. The summed E-state index contributed by atoms with van der Waals surface area (Å²) < 4.78 is 0. The Labute approximate surface area is 80.5 Å². The maximum atomic E-state index is 10.5. The van der Waals surface area contributed by atoms with E-state index in [0.29, 0.717) is 5.56 Å². The average molecular weight is 194 g/mol. The van der Waals surface area contributed by atoms with Gasteiger partial charge in [-0.05, 0) is 0 Å². The van der Waals surface area contributed by atoms with E-state index in [1.165, 1.54) is 6.07 Å². The van der Waals surface area contributed by atoms with Crippen LogP contribution in [0.3, 0.4) is 0 Å². The molecule has 2 N–H and O–H groups in total. The standard InChI is InChI=1S/C9H10N2O3/c12-9-7(6-4-10-5-6)2-1-3-8(9)11(13)14/h1-3,6,10,12H,4-5H2. The Morgan fingerprint density at radius 3 is 2.71 bits per heavy atom. The lowest BCUT2D eigenvalue weighted by Crippen LogP contribution is -2.39. The van der Waals surface area contributed by atoms with E-state index in [0.717, 1.165) is 13.1 Å². The number of aromatic hydroxyl groups is 1. The number of nitro groups is 1. The second-order valence-electron chi connectivity index (χ2n) is 3.33. The first-order valence-electron chi connectivity index (χ1n) is 4.37. The quantitative estimate of drug-likeness (QED) is 0.543. The van der Waals surface area contributed by atoms with Crippen molar-refractivity contribution in [1.82, 2.24) is 5.32 Å². The number of benzene rings is 1. The van der Waals surface area contributed by atoms with Gasteiger partial charge in [0.2, 0.25) is 0 Å². The highest BCUT2D eigenvalue weighted by Crippen LogP contribution is 2.35. The lowest BCUT2D eigenvalue weighted by atomic mass is 9.92. The third-order valence-corrected chi connectivity index (χ3v) is 2.46. The zero-order valence-corrected chi connectivity index (χ0v) is 7.43. The lowest BCUT2D eigenvalue weighted by Gasteiger charge is -2.27. The molecule has 0 unspecified atom stereocenters. The Hall–Kier alpha value is -1.62. The van der Waals surface area contributed by atoms with E-state index < -0.39 is 4.92 Å². The molecular weight excluding hydrogens is 184 g/mol. The number of hydrogen-bond donors (Lipinski definition) is 2. The molecule has 0 aliphatic carbocycles. The van der Waals surface area contributed by atoms with Crippen LogP contribution in [0, 0.1) is 10.1 Å². The van der Waals surface area contributed by atoms with Gasteiger partial charge in [0.25, 0.3) is 0 Å². The molecule has 74 valence electrons. The molecule has 2 rings (SSSR count). The van der Waals surface area contributed by atoms with Crippen LogP contribution in [-0.4, -0.2) is 23.1 Å². The highest BCUT2D eigenvalue weighted by Gasteiger charge is 2.26. The summed E-state index contributed by atoms with van der Waals surface area (Å²) in [4.78, 5) is 9.97. The van der Waals surface area contributed by atoms with Crippen molar-refractivity contribution >= 4 is 5.69 Å². The first-order chi connectivity index (χ1) is 6.70. The van der Waals surface area contributed by atoms with Gasteiger partial charge in [-0.1, -0.05) is 12.1 Å². The van der Waals surface area contributed by atoms with Crippen molar-refractivity contribution < 1.29 is 10.0 Å². The van der Waals surface area contributed by atoms with Crippen LogP contribution in [0.1, 0.15) is 11.5 Å². The zero-order valence-electron chi connectivity index (χ0n) is 7.43. The van der Waals surface area contributed by atoms with Gasteiger partial charge < -0.3 is 10.4 Å². The normalized spacial score (nSPS) is 16.3. The predicted molar refractivity (Wildman–Crippen MR) is 50.4 cm³/mol. The number of phenolic OH excluding ortho intramolecular Hbond substituents is 1. The summed E-state index contributed by atoms with van der Waals surface area (Å²) in [7, 11) is 0. The summed E-state index contributed by atoms with van der Waals surface area (Å²) in [6, 6.07) is 4.64. The van der Waals surface area contributed by atoms with E-state index in [1.54, 1.807) is 12.1 Å². The van der Waals surface area contributed by atoms with Crippen LogP contribution >= 0.6 is 0 Å². The van der Waals surface area contributed by atoms with Crippen molar-refractivity contribution in [2.24, 2.45) is 0 Å². The second-order valence-corrected chi connectivity index (χ2v) is 3.33. The van der Waals surface area contributed by atoms with E-state index in [-0.39, 0.29) is 17.4 Å². The molecule has 0 radical (unpaired) electrons. The number of phenols is 1. The number of rotatable bonds is 2. The van der Waals surface area contributed by atoms with Crippen molar-refractivity contribution in [3.05, 3.63) is 33.9 Å². The minimum absolute atomic E-state index is 0.191. The van der Waals surface area contributed by atoms with Crippen molar-refractivity contribution in [2.75, 3.05) is 13.1 Å². The summed E-state index contributed by atoms with van der Waals surface area (Å²) in [6.45, 7) is 1.55. The van der Waals surface area contributed by atoms with Gasteiger partial charge in [-0.25, -0.2) is 0 Å². The minimum Gasteiger partial charge on any atom is -0.502 e. The van der Waals surface area contributed by atoms with Crippen LogP contribution in [0.5, 0.6) is 5.75 Å². The molecule has 14 heavy (non-hydrogen) atoms. The van der Waals surface area contributed by atoms with E-state index in [1.807, 2.05) is 0 Å². The smallest absolute Gasteiger partial charge is 0.310 e. The molecule has 0 aromatic heterocycles. The molecule has 0 amide bonds. The Balaban J connectivity index is 2.40. The van der Waals surface area contributed by atoms with Crippen molar-refractivity contribution in [3.8, 4) is 5.75 Å². The summed E-state index contributed by atoms with van der Waals surface area (Å²) in [5.41, 5.74) is 0.451. The topological polar surface area (TPSA) is 75.4 Å². The molecule has 1 aliphatic heterocycles. The fourth-order valence-electron chi connectivity index (χ4n) is 1.53. The van der Waals surface area contributed by atoms with E-state index >= 15 is 0 Å². The fraction of sp³-hybridized carbons (Fsp3) is 0.333. The van der Waals surface area contributed by atoms with Crippen molar-refractivity contribution in [3.63, 3.8) is 0 Å². The lowest BCUT2D eigenvalue weighted by molar-refractivity contribution is -0.386. The van der Waals surface area contributed by atoms with Crippen LogP contribution in [0.2, 0.25) is 0 Å². The van der Waals surface area contributed by atoms with Crippen LogP contribution in [0.4, 0.5) is 5.69 Å². The molecule has 1 heterocycles. The van der Waals surface area contributed by atoms with Gasteiger partial charge in [0, 0.05) is 30.6 Å². The summed E-state index contributed by atoms with van der Waals surface area (Å²) in [5, 5.41) is 23.2. The minimum atomic E-state index is -0.565. The number of para-hydroxylation sites is 1. The van der Waals surface area contributed by atoms with E-state index in [4.69, 9.17) is 0 Å². The van der Waals surface area contributed by atoms with Crippen LogP contribution in [0.15, 0.2) is 18.2 Å². The molecule has 1 aromatic carbocycles. The average Bonchev–Trinajstić information content (AvgIpc) is 2.04. The van der Waals surface area contributed by atoms with Crippen LogP contribution in [-0.2, 0) is 0 Å². The highest BCUT2D eigenvalue weighted by atomic mass is 16.6. The van der Waals surface area contributed by atoms with Crippen molar-refractivity contribution in [2.45, 2.75) is 5.92 Å². The van der Waals surface area contributed by atoms with Crippen LogP contribution in [0.25, 0.3) is 0 Å². The van der Waals surface area contributed by atoms with Gasteiger partial charge in [-0.15, -0.1) is 0 Å². The molecular formula is C9H10N2O3. The molecule has 5 heteroatoms. The van der Waals surface area contributed by atoms with Gasteiger partial charge in [-0.2, -0.15) is 0 Å². The molecule has 1 aromatic rings. The Morgan fingerprint density at radius 1 is 1.50 bits per heavy atom. The number of nitrogens with zero attached hydrogens (tertiary/aromatic N) is 1. The molecule has 1 fully saturated rings. The maximum absolute atomic E-state index is 10.5. The Kier molecular flexibility index (Phi) is 2.09. The SMILES string of the molecule is O=[N+]([O-])c1cccc(C2CNC2)c1O. The van der Waals surface area contributed by atoms with Crippen LogP contribution < -0.4 is 5.32 Å². The zero-order chi connectivity index (χ0) is 10.1. The Bertz CT molecular complexity index is 374. The first-order valence-corrected chi connectivity index (χ1v) is 4.37. The molecule has 1 aliphatic rings. The number of hydrogen-bond acceptors (Lipinski definition) is 4. The van der Waals surface area contributed by atoms with Gasteiger partial charge in [0.15, 0.2) is 5.75 Å². The monoisotopic (exact) mass is 194 g/mol. The molecule has 5 nitrogen and oxygen atoms in total. The second kappa shape index (κ2) is 3.26. The highest BCUT2D eigenvalue weighted by molar-refractivity contribution is 5.52. The predicted octanol–water partition coefficient (Wildman–Crippen LogP) is 0.987. The molecule has 1 saturated heterocycles. The third-order valence-electron chi connectivity index (χ3n) is 2.46. The van der Waals surface area contributed by atoms with Gasteiger partial charge >= 0.3 is 5.69 Å². The maximum Gasteiger partial charge on any atom is 0.310 e. The Morgan fingerprint density at radius 2 is 2.21 bits per heavy atom. The summed E-state index contributed by atoms with van der Waals surface area (Å²) >= 11 is 0. The first kappa shape index (κ1) is 8.96. The number of nitrogens with one attached hydrogen (secondary N) is 1. The molecule has 0 bridgehead atoms. The molecule has 0 saturated carbocycles.